The van der Waals surface area contributed by atoms with Gasteiger partial charge in [0.05, 0.1) is 6.61 Å². The highest BCUT2D eigenvalue weighted by molar-refractivity contribution is 5.75. The zero-order chi connectivity index (χ0) is 14.9. The van der Waals surface area contributed by atoms with E-state index in [0.717, 1.165) is 25.7 Å². The van der Waals surface area contributed by atoms with Crippen LogP contribution in [-0.4, -0.2) is 41.8 Å². The number of hydrogen-bond acceptors (Lipinski definition) is 2. The topological polar surface area (TPSA) is 52.6 Å². The van der Waals surface area contributed by atoms with Crippen molar-refractivity contribution in [2.24, 2.45) is 5.41 Å². The van der Waals surface area contributed by atoms with Crippen LogP contribution in [0.2, 0.25) is 0 Å². The Labute approximate surface area is 126 Å². The largest absolute Gasteiger partial charge is 0.395 e. The lowest BCUT2D eigenvalue weighted by atomic mass is 9.87. The van der Waals surface area contributed by atoms with E-state index in [2.05, 4.69) is 36.5 Å². The zero-order valence-electron chi connectivity index (χ0n) is 12.6. The fraction of sp³-hybridized carbons (Fsp3) is 0.588. The summed E-state index contributed by atoms with van der Waals surface area (Å²) in [5, 5.41) is 12.2. The van der Waals surface area contributed by atoms with Crippen LogP contribution in [0.4, 0.5) is 4.79 Å². The summed E-state index contributed by atoms with van der Waals surface area (Å²) >= 11 is 0. The van der Waals surface area contributed by atoms with Crippen LogP contribution in [0.1, 0.15) is 30.9 Å². The third-order valence-corrected chi connectivity index (χ3v) is 4.61. The minimum atomic E-state index is -0.0243. The Hall–Kier alpha value is -1.55. The van der Waals surface area contributed by atoms with Crippen molar-refractivity contribution in [3.63, 3.8) is 0 Å². The van der Waals surface area contributed by atoms with E-state index in [1.165, 1.54) is 11.1 Å². The molecule has 0 saturated heterocycles. The first kappa shape index (κ1) is 14.4. The number of amides is 2. The standard InChI is InChI=1S/C17H24N2O2/c1-17(10-13-4-2-3-5-14(13)11-17)12-18-16(21)19(8-9-20)15-6-7-15/h2-5,15,20H,6-12H2,1H3,(H,18,21). The first-order valence-corrected chi connectivity index (χ1v) is 7.83. The Morgan fingerprint density at radius 3 is 2.48 bits per heavy atom. The summed E-state index contributed by atoms with van der Waals surface area (Å²) in [4.78, 5) is 14.1. The molecule has 2 N–H and O–H groups in total. The van der Waals surface area contributed by atoms with Crippen molar-refractivity contribution in [1.29, 1.82) is 0 Å². The van der Waals surface area contributed by atoms with Gasteiger partial charge < -0.3 is 15.3 Å². The van der Waals surface area contributed by atoms with Gasteiger partial charge in [0.25, 0.3) is 0 Å². The molecule has 0 heterocycles. The van der Waals surface area contributed by atoms with Crippen LogP contribution in [-0.2, 0) is 12.8 Å². The lowest BCUT2D eigenvalue weighted by Crippen LogP contribution is -2.46. The van der Waals surface area contributed by atoms with Gasteiger partial charge in [-0.25, -0.2) is 4.79 Å². The number of hydrogen-bond donors (Lipinski definition) is 2. The number of benzene rings is 1. The maximum atomic E-state index is 12.3. The molecule has 1 aromatic rings. The van der Waals surface area contributed by atoms with Crippen molar-refractivity contribution in [3.8, 4) is 0 Å². The summed E-state index contributed by atoms with van der Waals surface area (Å²) in [6.07, 6.45) is 4.17. The molecule has 0 bridgehead atoms. The summed E-state index contributed by atoms with van der Waals surface area (Å²) < 4.78 is 0. The molecular weight excluding hydrogens is 264 g/mol. The van der Waals surface area contributed by atoms with E-state index in [9.17, 15) is 4.79 Å². The van der Waals surface area contributed by atoms with Crippen LogP contribution in [0.15, 0.2) is 24.3 Å². The normalized spacial score (nSPS) is 19.1. The summed E-state index contributed by atoms with van der Waals surface area (Å²) in [5.41, 5.74) is 2.92. The van der Waals surface area contributed by atoms with Gasteiger partial charge in [0.15, 0.2) is 0 Å². The van der Waals surface area contributed by atoms with Gasteiger partial charge in [-0.3, -0.25) is 0 Å². The van der Waals surface area contributed by atoms with E-state index in [1.807, 2.05) is 0 Å². The minimum Gasteiger partial charge on any atom is -0.395 e. The van der Waals surface area contributed by atoms with Gasteiger partial charge in [0.1, 0.15) is 0 Å². The lowest BCUT2D eigenvalue weighted by Gasteiger charge is -2.27. The van der Waals surface area contributed by atoms with Gasteiger partial charge in [-0.05, 0) is 42.2 Å². The highest BCUT2D eigenvalue weighted by Gasteiger charge is 2.35. The lowest BCUT2D eigenvalue weighted by molar-refractivity contribution is 0.169. The second-order valence-corrected chi connectivity index (χ2v) is 6.74. The van der Waals surface area contributed by atoms with Crippen molar-refractivity contribution in [2.75, 3.05) is 19.7 Å². The molecule has 2 aliphatic carbocycles. The quantitative estimate of drug-likeness (QED) is 0.870. The van der Waals surface area contributed by atoms with Crippen molar-refractivity contribution < 1.29 is 9.90 Å². The molecule has 2 aliphatic rings. The molecule has 21 heavy (non-hydrogen) atoms. The second-order valence-electron chi connectivity index (χ2n) is 6.74. The maximum absolute atomic E-state index is 12.3. The van der Waals surface area contributed by atoms with Crippen molar-refractivity contribution in [2.45, 2.75) is 38.6 Å². The molecule has 3 rings (SSSR count). The van der Waals surface area contributed by atoms with Gasteiger partial charge in [0, 0.05) is 19.1 Å². The number of carbonyl (C=O) groups is 1. The third-order valence-electron chi connectivity index (χ3n) is 4.61. The average Bonchev–Trinajstić information content (AvgIpc) is 3.24. The minimum absolute atomic E-state index is 0.0243. The molecule has 114 valence electrons. The van der Waals surface area contributed by atoms with Crippen LogP contribution < -0.4 is 5.32 Å². The Morgan fingerprint density at radius 1 is 1.33 bits per heavy atom. The third kappa shape index (κ3) is 3.21. The molecule has 1 saturated carbocycles. The van der Waals surface area contributed by atoms with E-state index >= 15 is 0 Å². The molecule has 0 aliphatic heterocycles. The first-order chi connectivity index (χ1) is 10.1. The smallest absolute Gasteiger partial charge is 0.317 e. The summed E-state index contributed by atoms with van der Waals surface area (Å²) in [6.45, 7) is 3.40. The van der Waals surface area contributed by atoms with E-state index in [1.54, 1.807) is 4.90 Å². The molecule has 0 spiro atoms. The van der Waals surface area contributed by atoms with E-state index in [-0.39, 0.29) is 18.1 Å². The number of aliphatic hydroxyl groups is 1. The Kier molecular flexibility index (Phi) is 3.89. The highest BCUT2D eigenvalue weighted by Crippen LogP contribution is 2.36. The predicted molar refractivity (Wildman–Crippen MR) is 82.2 cm³/mol. The van der Waals surface area contributed by atoms with Gasteiger partial charge in [0.2, 0.25) is 0 Å². The predicted octanol–water partition coefficient (Wildman–Crippen LogP) is 1.96. The molecule has 4 heteroatoms. The highest BCUT2D eigenvalue weighted by atomic mass is 16.3. The van der Waals surface area contributed by atoms with E-state index < -0.39 is 0 Å². The van der Waals surface area contributed by atoms with Crippen LogP contribution >= 0.6 is 0 Å². The Bertz CT molecular complexity index is 500. The summed E-state index contributed by atoms with van der Waals surface area (Å²) in [7, 11) is 0. The van der Waals surface area contributed by atoms with Crippen molar-refractivity contribution in [3.05, 3.63) is 35.4 Å². The molecule has 0 radical (unpaired) electrons. The van der Waals surface area contributed by atoms with Gasteiger partial charge in [-0.2, -0.15) is 0 Å². The maximum Gasteiger partial charge on any atom is 0.317 e. The van der Waals surface area contributed by atoms with Crippen LogP contribution in [0, 0.1) is 5.41 Å². The Morgan fingerprint density at radius 2 is 1.95 bits per heavy atom. The molecule has 1 aromatic carbocycles. The molecule has 0 atom stereocenters. The fourth-order valence-corrected chi connectivity index (χ4v) is 3.34. The molecule has 1 fully saturated rings. The van der Waals surface area contributed by atoms with Crippen molar-refractivity contribution in [1.82, 2.24) is 10.2 Å². The number of rotatable bonds is 5. The molecule has 0 unspecified atom stereocenters. The number of carbonyl (C=O) groups excluding carboxylic acids is 1. The van der Waals surface area contributed by atoms with Crippen molar-refractivity contribution >= 4 is 6.03 Å². The van der Waals surface area contributed by atoms with Crippen LogP contribution in [0.3, 0.4) is 0 Å². The van der Waals surface area contributed by atoms with Gasteiger partial charge in [-0.15, -0.1) is 0 Å². The zero-order valence-corrected chi connectivity index (χ0v) is 12.6. The van der Waals surface area contributed by atoms with Gasteiger partial charge in [-0.1, -0.05) is 31.2 Å². The monoisotopic (exact) mass is 288 g/mol. The fourth-order valence-electron chi connectivity index (χ4n) is 3.34. The molecule has 4 nitrogen and oxygen atoms in total. The summed E-state index contributed by atoms with van der Waals surface area (Å²) in [5.74, 6) is 0. The molecule has 2 amide bonds. The second kappa shape index (κ2) is 5.68. The van der Waals surface area contributed by atoms with Crippen LogP contribution in [0.25, 0.3) is 0 Å². The number of aliphatic hydroxyl groups excluding tert-OH is 1. The van der Waals surface area contributed by atoms with E-state index in [0.29, 0.717) is 19.1 Å². The first-order valence-electron chi connectivity index (χ1n) is 7.83. The summed E-state index contributed by atoms with van der Waals surface area (Å²) in [6, 6.07) is 8.85. The average molecular weight is 288 g/mol. The van der Waals surface area contributed by atoms with Crippen LogP contribution in [0.5, 0.6) is 0 Å². The molecule has 0 aromatic heterocycles. The number of nitrogens with one attached hydrogen (secondary N) is 1. The van der Waals surface area contributed by atoms with Gasteiger partial charge >= 0.3 is 6.03 Å². The molecular formula is C17H24N2O2. The number of fused-ring (bicyclic) bond motifs is 1. The Balaban J connectivity index is 1.56. The number of urea groups is 1. The SMILES string of the molecule is CC1(CNC(=O)N(CCO)C2CC2)Cc2ccccc2C1. The number of nitrogens with zero attached hydrogens (tertiary/aromatic N) is 1. The van der Waals surface area contributed by atoms with E-state index in [4.69, 9.17) is 5.11 Å².